The van der Waals surface area contributed by atoms with Gasteiger partial charge in [0, 0.05) is 6.04 Å². The first-order chi connectivity index (χ1) is 9.36. The van der Waals surface area contributed by atoms with Crippen molar-refractivity contribution in [1.29, 1.82) is 0 Å². The molecule has 0 aromatic heterocycles. The minimum absolute atomic E-state index is 0.0358. The van der Waals surface area contributed by atoms with Crippen LogP contribution >= 0.6 is 0 Å². The van der Waals surface area contributed by atoms with E-state index in [1.807, 2.05) is 11.8 Å². The van der Waals surface area contributed by atoms with Crippen LogP contribution in [0.1, 0.15) is 60.3 Å². The number of carbonyl (C=O) groups is 2. The van der Waals surface area contributed by atoms with Gasteiger partial charge in [-0.3, -0.25) is 9.59 Å². The molecule has 1 N–H and O–H groups in total. The largest absolute Gasteiger partial charge is 0.340 e. The second kappa shape index (κ2) is 5.38. The molecule has 0 aromatic carbocycles. The average Bonchev–Trinajstić information content (AvgIpc) is 3.25. The van der Waals surface area contributed by atoms with Crippen LogP contribution in [-0.2, 0) is 9.59 Å². The van der Waals surface area contributed by atoms with E-state index >= 15 is 0 Å². The van der Waals surface area contributed by atoms with Crippen LogP contribution in [-0.4, -0.2) is 34.3 Å². The van der Waals surface area contributed by atoms with E-state index in [0.29, 0.717) is 5.92 Å². The van der Waals surface area contributed by atoms with E-state index in [-0.39, 0.29) is 29.8 Å². The molecule has 1 saturated carbocycles. The molecular formula is C16H28N2O2. The second-order valence-corrected chi connectivity index (χ2v) is 6.77. The normalized spacial score (nSPS) is 33.9. The summed E-state index contributed by atoms with van der Waals surface area (Å²) >= 11 is 0. The number of nitrogens with one attached hydrogen (secondary N) is 1. The number of rotatable bonds is 5. The first-order valence-corrected chi connectivity index (χ1v) is 8.01. The number of hydrogen-bond donors (Lipinski definition) is 1. The highest BCUT2D eigenvalue weighted by atomic mass is 16.2. The molecule has 1 saturated heterocycles. The van der Waals surface area contributed by atoms with Gasteiger partial charge in [0.1, 0.15) is 11.6 Å². The summed E-state index contributed by atoms with van der Waals surface area (Å²) in [5.74, 6) is 0.674. The van der Waals surface area contributed by atoms with Crippen LogP contribution in [0, 0.1) is 11.8 Å². The molecule has 4 atom stereocenters. The molecule has 1 aliphatic carbocycles. The Morgan fingerprint density at radius 2 is 1.85 bits per heavy atom. The van der Waals surface area contributed by atoms with Gasteiger partial charge in [0.2, 0.25) is 11.8 Å². The maximum atomic E-state index is 13.0. The molecule has 0 bridgehead atoms. The average molecular weight is 280 g/mol. The zero-order valence-corrected chi connectivity index (χ0v) is 13.4. The van der Waals surface area contributed by atoms with E-state index in [1.165, 1.54) is 0 Å². The van der Waals surface area contributed by atoms with Crippen LogP contribution in [0.4, 0.5) is 0 Å². The van der Waals surface area contributed by atoms with Crippen molar-refractivity contribution >= 4 is 11.8 Å². The fourth-order valence-corrected chi connectivity index (χ4v) is 3.27. The molecule has 2 rings (SSSR count). The predicted octanol–water partition coefficient (Wildman–Crippen LogP) is 2.33. The molecule has 114 valence electrons. The molecule has 4 heteroatoms. The summed E-state index contributed by atoms with van der Waals surface area (Å²) in [5, 5.41) is 3.05. The van der Waals surface area contributed by atoms with Gasteiger partial charge >= 0.3 is 0 Å². The number of carbonyl (C=O) groups excluding carboxylic acids is 2. The Morgan fingerprint density at radius 3 is 2.30 bits per heavy atom. The van der Waals surface area contributed by atoms with Crippen molar-refractivity contribution in [2.24, 2.45) is 11.8 Å². The first kappa shape index (κ1) is 15.3. The van der Waals surface area contributed by atoms with Gasteiger partial charge < -0.3 is 10.2 Å². The van der Waals surface area contributed by atoms with Crippen LogP contribution in [0.3, 0.4) is 0 Å². The van der Waals surface area contributed by atoms with Crippen molar-refractivity contribution in [1.82, 2.24) is 10.2 Å². The van der Waals surface area contributed by atoms with Crippen LogP contribution < -0.4 is 5.32 Å². The molecule has 20 heavy (non-hydrogen) atoms. The highest BCUT2D eigenvalue weighted by Crippen LogP contribution is 2.43. The lowest BCUT2D eigenvalue weighted by Gasteiger charge is -2.48. The number of amides is 2. The molecule has 2 aliphatic rings. The molecule has 0 radical (unpaired) electrons. The van der Waals surface area contributed by atoms with Gasteiger partial charge in [-0.15, -0.1) is 0 Å². The fourth-order valence-electron chi connectivity index (χ4n) is 3.27. The molecule has 1 aliphatic heterocycles. The quantitative estimate of drug-likeness (QED) is 0.840. The number of hydrogen-bond acceptors (Lipinski definition) is 2. The Labute approximate surface area is 122 Å². The first-order valence-electron chi connectivity index (χ1n) is 8.01. The van der Waals surface area contributed by atoms with Gasteiger partial charge in [-0.25, -0.2) is 0 Å². The Kier molecular flexibility index (Phi) is 4.12. The standard InChI is InChI=1S/C16H28N2O2/c1-6-10(3)13-14(19)17-16(5,12-8-9-12)15(20)18(13)11(4)7-2/h10-13H,6-9H2,1-5H3,(H,17,19). The van der Waals surface area contributed by atoms with Crippen molar-refractivity contribution in [3.63, 3.8) is 0 Å². The van der Waals surface area contributed by atoms with Gasteiger partial charge in [-0.05, 0) is 44.9 Å². The smallest absolute Gasteiger partial charge is 0.249 e. The van der Waals surface area contributed by atoms with Crippen molar-refractivity contribution in [2.45, 2.75) is 77.9 Å². The highest BCUT2D eigenvalue weighted by Gasteiger charge is 2.56. The van der Waals surface area contributed by atoms with Crippen LogP contribution in [0.5, 0.6) is 0 Å². The zero-order valence-electron chi connectivity index (χ0n) is 13.4. The third-order valence-electron chi connectivity index (χ3n) is 5.27. The Balaban J connectivity index is 2.35. The summed E-state index contributed by atoms with van der Waals surface area (Å²) in [4.78, 5) is 27.5. The van der Waals surface area contributed by atoms with Crippen LogP contribution in [0.25, 0.3) is 0 Å². The van der Waals surface area contributed by atoms with Crippen molar-refractivity contribution in [2.75, 3.05) is 0 Å². The van der Waals surface area contributed by atoms with Crippen molar-refractivity contribution < 1.29 is 9.59 Å². The molecule has 1 heterocycles. The summed E-state index contributed by atoms with van der Waals surface area (Å²) < 4.78 is 0. The Morgan fingerprint density at radius 1 is 1.25 bits per heavy atom. The highest BCUT2D eigenvalue weighted by molar-refractivity contribution is 6.00. The van der Waals surface area contributed by atoms with E-state index in [2.05, 4.69) is 33.0 Å². The fraction of sp³-hybridized carbons (Fsp3) is 0.875. The van der Waals surface area contributed by atoms with E-state index in [1.54, 1.807) is 0 Å². The minimum Gasteiger partial charge on any atom is -0.340 e. The minimum atomic E-state index is -0.676. The van der Waals surface area contributed by atoms with E-state index in [4.69, 9.17) is 0 Å². The summed E-state index contributed by atoms with van der Waals surface area (Å²) in [5.41, 5.74) is -0.676. The maximum absolute atomic E-state index is 13.0. The molecule has 2 fully saturated rings. The predicted molar refractivity (Wildman–Crippen MR) is 79.1 cm³/mol. The van der Waals surface area contributed by atoms with Crippen molar-refractivity contribution in [3.8, 4) is 0 Å². The lowest BCUT2D eigenvalue weighted by molar-refractivity contribution is -0.160. The van der Waals surface area contributed by atoms with Gasteiger partial charge in [-0.1, -0.05) is 27.2 Å². The lowest BCUT2D eigenvalue weighted by Crippen LogP contribution is -2.72. The maximum Gasteiger partial charge on any atom is 0.249 e. The summed E-state index contributed by atoms with van der Waals surface area (Å²) in [6.07, 6.45) is 3.88. The zero-order chi connectivity index (χ0) is 15.1. The monoisotopic (exact) mass is 280 g/mol. The van der Waals surface area contributed by atoms with E-state index in [9.17, 15) is 9.59 Å². The summed E-state index contributed by atoms with van der Waals surface area (Å²) in [6, 6.07) is -0.195. The molecule has 0 aromatic rings. The van der Waals surface area contributed by atoms with Crippen LogP contribution in [0.15, 0.2) is 0 Å². The third-order valence-corrected chi connectivity index (χ3v) is 5.27. The van der Waals surface area contributed by atoms with Crippen LogP contribution in [0.2, 0.25) is 0 Å². The topological polar surface area (TPSA) is 49.4 Å². The Bertz CT molecular complexity index is 405. The van der Waals surface area contributed by atoms with Crippen molar-refractivity contribution in [3.05, 3.63) is 0 Å². The molecule has 2 amide bonds. The van der Waals surface area contributed by atoms with Gasteiger partial charge in [0.25, 0.3) is 0 Å². The molecule has 4 nitrogen and oxygen atoms in total. The second-order valence-electron chi connectivity index (χ2n) is 6.77. The van der Waals surface area contributed by atoms with Gasteiger partial charge in [-0.2, -0.15) is 0 Å². The molecular weight excluding hydrogens is 252 g/mol. The van der Waals surface area contributed by atoms with E-state index < -0.39 is 5.54 Å². The van der Waals surface area contributed by atoms with E-state index in [0.717, 1.165) is 25.7 Å². The van der Waals surface area contributed by atoms with Gasteiger partial charge in [0.05, 0.1) is 0 Å². The summed E-state index contributed by atoms with van der Waals surface area (Å²) in [7, 11) is 0. The summed E-state index contributed by atoms with van der Waals surface area (Å²) in [6.45, 7) is 10.2. The Hall–Kier alpha value is -1.06. The lowest BCUT2D eigenvalue weighted by atomic mass is 9.84. The third kappa shape index (κ3) is 2.33. The SMILES string of the molecule is CCC(C)C1C(=O)NC(C)(C2CC2)C(=O)N1C(C)CC. The number of nitrogens with zero attached hydrogens (tertiary/aromatic N) is 1. The molecule has 4 unspecified atom stereocenters. The number of piperazine rings is 1. The molecule has 0 spiro atoms. The van der Waals surface area contributed by atoms with Gasteiger partial charge in [0.15, 0.2) is 0 Å².